The number of rotatable bonds is 9. The molecular formula is C23H29Cl2F3N4O3. The number of hydrogen-bond acceptors (Lipinski definition) is 5. The molecule has 1 aromatic heterocycles. The molecule has 2 aromatic rings. The number of halogens is 5. The van der Waals surface area contributed by atoms with E-state index < -0.39 is 16.9 Å². The van der Waals surface area contributed by atoms with Crippen LogP contribution in [0, 0.1) is 6.92 Å². The van der Waals surface area contributed by atoms with Gasteiger partial charge in [-0.15, -0.1) is 0 Å². The minimum absolute atomic E-state index is 0.0960. The van der Waals surface area contributed by atoms with Gasteiger partial charge in [-0.2, -0.15) is 18.3 Å². The lowest BCUT2D eigenvalue weighted by Gasteiger charge is -2.42. The zero-order chi connectivity index (χ0) is 25.8. The largest absolute Gasteiger partial charge is 0.495 e. The number of carbonyl (C=O) groups is 1. The maximum atomic E-state index is 13.1. The summed E-state index contributed by atoms with van der Waals surface area (Å²) in [7, 11) is 1.54. The molecule has 1 fully saturated rings. The summed E-state index contributed by atoms with van der Waals surface area (Å²) < 4.78 is 51.7. The molecule has 2 heterocycles. The maximum absolute atomic E-state index is 13.1. The smallest absolute Gasteiger partial charge is 0.436 e. The summed E-state index contributed by atoms with van der Waals surface area (Å²) in [6, 6.07) is 5.32. The number of nitrogens with zero attached hydrogens (tertiary/aromatic N) is 4. The van der Waals surface area contributed by atoms with E-state index >= 15 is 0 Å². The molecule has 12 heteroatoms. The first-order valence-electron chi connectivity index (χ1n) is 11.3. The number of piperazine rings is 1. The van der Waals surface area contributed by atoms with Gasteiger partial charge in [0.1, 0.15) is 12.3 Å². The van der Waals surface area contributed by atoms with Crippen molar-refractivity contribution in [1.29, 1.82) is 0 Å². The number of benzene rings is 1. The van der Waals surface area contributed by atoms with Crippen molar-refractivity contribution in [1.82, 2.24) is 14.7 Å². The van der Waals surface area contributed by atoms with Crippen molar-refractivity contribution < 1.29 is 27.4 Å². The number of alkyl halides is 3. The summed E-state index contributed by atoms with van der Waals surface area (Å²) >= 11 is 12.0. The van der Waals surface area contributed by atoms with E-state index in [-0.39, 0.29) is 24.2 Å². The summed E-state index contributed by atoms with van der Waals surface area (Å²) in [5.41, 5.74) is -0.209. The summed E-state index contributed by atoms with van der Waals surface area (Å²) in [5, 5.41) is 3.55. The topological polar surface area (TPSA) is 59.8 Å². The second-order valence-electron chi connectivity index (χ2n) is 8.34. The van der Waals surface area contributed by atoms with Gasteiger partial charge in [0.05, 0.1) is 35.5 Å². The van der Waals surface area contributed by atoms with Gasteiger partial charge < -0.3 is 19.3 Å². The lowest BCUT2D eigenvalue weighted by atomic mass is 10.1. The van der Waals surface area contributed by atoms with Crippen molar-refractivity contribution in [3.05, 3.63) is 39.6 Å². The normalized spacial score (nSPS) is 16.6. The minimum atomic E-state index is -4.69. The Hall–Kier alpha value is -2.17. The van der Waals surface area contributed by atoms with Crippen molar-refractivity contribution in [3.8, 4) is 5.75 Å². The molecular weight excluding hydrogens is 508 g/mol. The van der Waals surface area contributed by atoms with E-state index in [0.29, 0.717) is 43.6 Å². The maximum Gasteiger partial charge on any atom is 0.436 e. The minimum Gasteiger partial charge on any atom is -0.495 e. The highest BCUT2D eigenvalue weighted by molar-refractivity contribution is 6.32. The number of carbonyl (C=O) groups excluding carboxylic acids is 1. The molecule has 1 aliphatic heterocycles. The molecule has 0 N–H and O–H groups in total. The predicted molar refractivity (Wildman–Crippen MR) is 128 cm³/mol. The van der Waals surface area contributed by atoms with Gasteiger partial charge in [0.2, 0.25) is 5.91 Å². The van der Waals surface area contributed by atoms with Crippen LogP contribution in [0.3, 0.4) is 0 Å². The summed E-state index contributed by atoms with van der Waals surface area (Å²) in [5.74, 6) is 0.202. The Morgan fingerprint density at radius 2 is 2.00 bits per heavy atom. The molecule has 7 nitrogen and oxygen atoms in total. The Morgan fingerprint density at radius 3 is 2.63 bits per heavy atom. The lowest BCUT2D eigenvalue weighted by molar-refractivity contribution is -0.142. The van der Waals surface area contributed by atoms with E-state index in [0.717, 1.165) is 23.2 Å². The van der Waals surface area contributed by atoms with Gasteiger partial charge >= 0.3 is 6.18 Å². The van der Waals surface area contributed by atoms with Crippen LogP contribution in [0.25, 0.3) is 0 Å². The molecule has 0 radical (unpaired) electrons. The second kappa shape index (κ2) is 11.7. The quantitative estimate of drug-likeness (QED) is 0.419. The van der Waals surface area contributed by atoms with Crippen molar-refractivity contribution in [2.45, 2.75) is 45.5 Å². The Bertz CT molecular complexity index is 1030. The summed E-state index contributed by atoms with van der Waals surface area (Å²) in [6.45, 7) is 5.37. The number of aromatic nitrogens is 2. The van der Waals surface area contributed by atoms with Gasteiger partial charge in [0, 0.05) is 38.0 Å². The van der Waals surface area contributed by atoms with E-state index in [1.54, 1.807) is 18.1 Å². The van der Waals surface area contributed by atoms with Crippen molar-refractivity contribution in [3.63, 3.8) is 0 Å². The molecule has 1 aliphatic rings. The lowest BCUT2D eigenvalue weighted by Crippen LogP contribution is -2.57. The van der Waals surface area contributed by atoms with Crippen LogP contribution in [0.15, 0.2) is 18.2 Å². The van der Waals surface area contributed by atoms with Crippen molar-refractivity contribution in [2.24, 2.45) is 0 Å². The van der Waals surface area contributed by atoms with E-state index in [1.165, 1.54) is 6.92 Å². The van der Waals surface area contributed by atoms with E-state index in [2.05, 4.69) is 16.9 Å². The first kappa shape index (κ1) is 27.4. The van der Waals surface area contributed by atoms with Gasteiger partial charge in [-0.3, -0.25) is 9.48 Å². The summed E-state index contributed by atoms with van der Waals surface area (Å²) in [6.07, 6.45) is -2.77. The van der Waals surface area contributed by atoms with Crippen LogP contribution in [-0.2, 0) is 22.3 Å². The third kappa shape index (κ3) is 6.54. The van der Waals surface area contributed by atoms with Gasteiger partial charge in [-0.25, -0.2) is 0 Å². The van der Waals surface area contributed by atoms with Gasteiger partial charge in [0.25, 0.3) is 0 Å². The van der Waals surface area contributed by atoms with Crippen molar-refractivity contribution in [2.75, 3.05) is 44.9 Å². The number of amides is 1. The monoisotopic (exact) mass is 536 g/mol. The number of ether oxygens (including phenoxy) is 2. The highest BCUT2D eigenvalue weighted by atomic mass is 35.5. The molecule has 1 amide bonds. The molecule has 0 unspecified atom stereocenters. The van der Waals surface area contributed by atoms with Crippen LogP contribution in [0.2, 0.25) is 10.0 Å². The number of anilines is 1. The first-order valence-corrected chi connectivity index (χ1v) is 12.1. The molecule has 0 aliphatic carbocycles. The highest BCUT2D eigenvalue weighted by Gasteiger charge is 2.39. The molecule has 1 saturated heterocycles. The molecule has 194 valence electrons. The fourth-order valence-corrected chi connectivity index (χ4v) is 4.38. The first-order chi connectivity index (χ1) is 16.6. The summed E-state index contributed by atoms with van der Waals surface area (Å²) in [4.78, 5) is 16.8. The van der Waals surface area contributed by atoms with E-state index in [9.17, 15) is 18.0 Å². The van der Waals surface area contributed by atoms with Gasteiger partial charge in [0.15, 0.2) is 5.69 Å². The van der Waals surface area contributed by atoms with Crippen LogP contribution in [-0.4, -0.2) is 66.6 Å². The molecule has 0 saturated carbocycles. The molecule has 3 rings (SSSR count). The van der Waals surface area contributed by atoms with Gasteiger partial charge in [-0.1, -0.05) is 36.5 Å². The molecule has 35 heavy (non-hydrogen) atoms. The highest BCUT2D eigenvalue weighted by Crippen LogP contribution is 2.35. The number of unbranched alkanes of at least 4 members (excludes halogenated alkanes) is 1. The average molecular weight is 537 g/mol. The van der Waals surface area contributed by atoms with E-state index in [4.69, 9.17) is 32.7 Å². The fraction of sp³-hybridized carbons (Fsp3) is 0.565. The van der Waals surface area contributed by atoms with Crippen molar-refractivity contribution >= 4 is 34.8 Å². The molecule has 1 atom stereocenters. The SMILES string of the molecule is CCCCOC[C@H]1CN(C(=O)Cn2nc(C(F)(F)F)c(Cl)c2C)CCN1c1ccc(Cl)c(OC)c1. The third-order valence-corrected chi connectivity index (χ3v) is 6.71. The van der Waals surface area contributed by atoms with Gasteiger partial charge in [-0.05, 0) is 25.5 Å². The van der Waals surface area contributed by atoms with E-state index in [1.807, 2.05) is 12.1 Å². The standard InChI is InChI=1S/C23H29Cl2F3N4O3/c1-4-5-10-35-14-17-12-30(8-9-31(17)16-6-7-18(24)19(11-16)34-3)20(33)13-32-15(2)21(25)22(29-32)23(26,27)28/h6-7,11,17H,4-5,8-10,12-14H2,1-3H3/t17-/m1/s1. The van der Waals surface area contributed by atoms with Crippen LogP contribution in [0.1, 0.15) is 31.2 Å². The average Bonchev–Trinajstić information content (AvgIpc) is 3.11. The Balaban J connectivity index is 1.76. The second-order valence-corrected chi connectivity index (χ2v) is 9.12. The number of hydrogen-bond donors (Lipinski definition) is 0. The zero-order valence-electron chi connectivity index (χ0n) is 19.9. The van der Waals surface area contributed by atoms with Crippen LogP contribution in [0.4, 0.5) is 18.9 Å². The molecule has 0 bridgehead atoms. The number of methoxy groups -OCH3 is 1. The Labute approximate surface area is 212 Å². The third-order valence-electron chi connectivity index (χ3n) is 5.94. The fourth-order valence-electron chi connectivity index (χ4n) is 3.94. The van der Waals surface area contributed by atoms with Crippen LogP contribution >= 0.6 is 23.2 Å². The Morgan fingerprint density at radius 1 is 1.26 bits per heavy atom. The molecule has 1 aromatic carbocycles. The van der Waals surface area contributed by atoms with Crippen LogP contribution in [0.5, 0.6) is 5.75 Å². The Kier molecular flexibility index (Phi) is 9.17. The zero-order valence-corrected chi connectivity index (χ0v) is 21.4. The predicted octanol–water partition coefficient (Wildman–Crippen LogP) is 5.06. The van der Waals surface area contributed by atoms with Crippen LogP contribution < -0.4 is 9.64 Å². The molecule has 0 spiro atoms.